The summed E-state index contributed by atoms with van der Waals surface area (Å²) in [6, 6.07) is 6.26. The molecule has 1 amide bonds. The molecule has 3 aliphatic rings. The Labute approximate surface area is 309 Å². The number of morpholine rings is 1. The van der Waals surface area contributed by atoms with Gasteiger partial charge in [-0.3, -0.25) is 24.5 Å². The Morgan fingerprint density at radius 3 is 2.35 bits per heavy atom. The van der Waals surface area contributed by atoms with Gasteiger partial charge >= 0.3 is 12.4 Å². The molecule has 1 unspecified atom stereocenters. The molecular weight excluding hydrogens is 742 g/mol. The van der Waals surface area contributed by atoms with Gasteiger partial charge in [-0.15, -0.1) is 0 Å². The number of aliphatic hydroxyl groups is 1. The number of benzene rings is 2. The number of amides is 1. The minimum Gasteiger partial charge on any atom is -0.509 e. The number of alkyl halides is 6. The molecule has 3 aliphatic heterocycles. The standard InChI is InChI=1S/C38H33F8N5O4/c1-36-11-3-13-51(36)50(21-25-6-5-22(31(39)32(25)40)4-2-12-49-14-16-55-17-15-49)35(54)30(34(36)53)33(52)28(47)18-23-7-9-26(37(41,42)43)19-27(23)24-8-10-29(48-20-24)38(44,45)46/h5-10,19-20,47,53H,3,11-18,21H2,1H3. The molecule has 0 bridgehead atoms. The van der Waals surface area contributed by atoms with Crippen LogP contribution in [-0.4, -0.2) is 87.3 Å². The SMILES string of the molecule is CC12CCCN1N(Cc1ccc(C#CCN3CCOCC3)c(F)c1F)C(=O)C(C(=O)C(=N)Cc1ccc(C(F)(F)F)cc1-c1ccc(C(F)(F)F)nc1)=C2O. The van der Waals surface area contributed by atoms with Crippen molar-refractivity contribution in [2.75, 3.05) is 39.4 Å². The van der Waals surface area contributed by atoms with Crippen LogP contribution in [0.2, 0.25) is 0 Å². The Morgan fingerprint density at radius 2 is 1.69 bits per heavy atom. The summed E-state index contributed by atoms with van der Waals surface area (Å²) in [5.41, 5.74) is -6.51. The second-order valence-electron chi connectivity index (χ2n) is 13.5. The third kappa shape index (κ3) is 7.98. The topological polar surface area (TPSA) is 110 Å². The lowest BCUT2D eigenvalue weighted by Gasteiger charge is -2.46. The first-order valence-corrected chi connectivity index (χ1v) is 17.0. The van der Waals surface area contributed by atoms with Gasteiger partial charge in [-0.25, -0.2) is 13.8 Å². The predicted molar refractivity (Wildman–Crippen MR) is 181 cm³/mol. The highest BCUT2D eigenvalue weighted by molar-refractivity contribution is 6.51. The Kier molecular flexibility index (Phi) is 10.9. The van der Waals surface area contributed by atoms with E-state index in [1.165, 1.54) is 24.1 Å². The van der Waals surface area contributed by atoms with Crippen molar-refractivity contribution in [3.05, 3.63) is 99.6 Å². The zero-order chi connectivity index (χ0) is 39.9. The number of carbonyl (C=O) groups excluding carboxylic acids is 2. The number of carbonyl (C=O) groups is 2. The second kappa shape index (κ2) is 15.2. The number of aliphatic hydroxyl groups excluding tert-OH is 1. The van der Waals surface area contributed by atoms with E-state index in [0.29, 0.717) is 63.7 Å². The van der Waals surface area contributed by atoms with E-state index >= 15 is 8.78 Å². The summed E-state index contributed by atoms with van der Waals surface area (Å²) >= 11 is 0. The molecule has 6 rings (SSSR count). The van der Waals surface area contributed by atoms with Crippen LogP contribution in [0.25, 0.3) is 11.1 Å². The molecule has 0 radical (unpaired) electrons. The lowest BCUT2D eigenvalue weighted by molar-refractivity contribution is -0.160. The summed E-state index contributed by atoms with van der Waals surface area (Å²) in [4.78, 5) is 33.2. The van der Waals surface area contributed by atoms with Gasteiger partial charge in [0.1, 0.15) is 17.0 Å². The molecule has 0 spiro atoms. The van der Waals surface area contributed by atoms with Crippen LogP contribution in [0.1, 0.15) is 47.7 Å². The van der Waals surface area contributed by atoms with Crippen LogP contribution in [0.3, 0.4) is 0 Å². The van der Waals surface area contributed by atoms with E-state index in [1.807, 2.05) is 4.90 Å². The van der Waals surface area contributed by atoms with Crippen LogP contribution in [0, 0.1) is 28.9 Å². The van der Waals surface area contributed by atoms with Gasteiger partial charge < -0.3 is 15.3 Å². The third-order valence-electron chi connectivity index (χ3n) is 9.87. The molecule has 9 nitrogen and oxygen atoms in total. The highest BCUT2D eigenvalue weighted by atomic mass is 19.4. The lowest BCUT2D eigenvalue weighted by Crippen LogP contribution is -2.60. The normalized spacial score (nSPS) is 19.7. The predicted octanol–water partition coefficient (Wildman–Crippen LogP) is 6.50. The number of hydrazine groups is 1. The average molecular weight is 776 g/mol. The molecule has 290 valence electrons. The van der Waals surface area contributed by atoms with Crippen LogP contribution < -0.4 is 0 Å². The Bertz CT molecular complexity index is 2120. The molecule has 17 heteroatoms. The summed E-state index contributed by atoms with van der Waals surface area (Å²) < 4.78 is 117. The van der Waals surface area contributed by atoms with Gasteiger partial charge in [0.15, 0.2) is 11.6 Å². The fourth-order valence-corrected chi connectivity index (χ4v) is 6.84. The van der Waals surface area contributed by atoms with Crippen molar-refractivity contribution in [2.24, 2.45) is 0 Å². The number of fused-ring (bicyclic) bond motifs is 1. The van der Waals surface area contributed by atoms with E-state index in [9.17, 15) is 41.0 Å². The minimum absolute atomic E-state index is 0.0903. The van der Waals surface area contributed by atoms with Crippen molar-refractivity contribution in [3.8, 4) is 23.0 Å². The summed E-state index contributed by atoms with van der Waals surface area (Å²) in [7, 11) is 0. The first-order valence-electron chi connectivity index (χ1n) is 17.0. The number of nitrogens with zero attached hydrogens (tertiary/aromatic N) is 4. The molecule has 2 aromatic carbocycles. The van der Waals surface area contributed by atoms with Crippen molar-refractivity contribution >= 4 is 17.4 Å². The number of hydrogen-bond acceptors (Lipinski definition) is 8. The van der Waals surface area contributed by atoms with E-state index in [4.69, 9.17) is 10.1 Å². The molecule has 3 aromatic rings. The number of aromatic nitrogens is 1. The molecule has 0 aliphatic carbocycles. The fraction of sp³-hybridized carbons (Fsp3) is 0.368. The molecule has 55 heavy (non-hydrogen) atoms. The molecule has 0 saturated carbocycles. The molecular formula is C38H33F8N5O4. The number of rotatable bonds is 8. The number of Topliss-reactive ketones (excluding diaryl/α,β-unsaturated/α-hetero) is 1. The quantitative estimate of drug-likeness (QED) is 0.116. The van der Waals surface area contributed by atoms with Crippen LogP contribution in [0.4, 0.5) is 35.1 Å². The molecule has 2 saturated heterocycles. The number of hydrogen-bond donors (Lipinski definition) is 2. The van der Waals surface area contributed by atoms with Crippen molar-refractivity contribution in [1.82, 2.24) is 19.9 Å². The third-order valence-corrected chi connectivity index (χ3v) is 9.87. The zero-order valence-electron chi connectivity index (χ0n) is 29.2. The van der Waals surface area contributed by atoms with Crippen molar-refractivity contribution in [3.63, 3.8) is 0 Å². The maximum atomic E-state index is 15.5. The van der Waals surface area contributed by atoms with E-state index in [-0.39, 0.29) is 40.8 Å². The summed E-state index contributed by atoms with van der Waals surface area (Å²) in [6.07, 6.45) is -9.02. The highest BCUT2D eigenvalue weighted by Crippen LogP contribution is 2.42. The van der Waals surface area contributed by atoms with Gasteiger partial charge in [0.25, 0.3) is 5.91 Å². The van der Waals surface area contributed by atoms with Gasteiger partial charge in [-0.05, 0) is 55.2 Å². The summed E-state index contributed by atoms with van der Waals surface area (Å²) in [5, 5.41) is 22.5. The van der Waals surface area contributed by atoms with Crippen LogP contribution >= 0.6 is 0 Å². The van der Waals surface area contributed by atoms with Crippen molar-refractivity contribution < 1.29 is 54.6 Å². The number of ether oxygens (including phenoxy) is 1. The van der Waals surface area contributed by atoms with Gasteiger partial charge in [-0.2, -0.15) is 26.3 Å². The Morgan fingerprint density at radius 1 is 0.982 bits per heavy atom. The first-order chi connectivity index (χ1) is 25.9. The van der Waals surface area contributed by atoms with E-state index in [2.05, 4.69) is 16.8 Å². The fourth-order valence-electron chi connectivity index (χ4n) is 6.84. The van der Waals surface area contributed by atoms with Crippen molar-refractivity contribution in [1.29, 1.82) is 5.41 Å². The minimum atomic E-state index is -4.85. The maximum absolute atomic E-state index is 15.5. The zero-order valence-corrected chi connectivity index (χ0v) is 29.2. The summed E-state index contributed by atoms with van der Waals surface area (Å²) in [5.74, 6) is -0.154. The van der Waals surface area contributed by atoms with Gasteiger partial charge in [-0.1, -0.05) is 30.0 Å². The average Bonchev–Trinajstić information content (AvgIpc) is 3.55. The van der Waals surface area contributed by atoms with Crippen molar-refractivity contribution in [2.45, 2.75) is 50.6 Å². The smallest absolute Gasteiger partial charge is 0.433 e. The lowest BCUT2D eigenvalue weighted by atomic mass is 9.87. The van der Waals surface area contributed by atoms with Gasteiger partial charge in [0.2, 0.25) is 5.78 Å². The van der Waals surface area contributed by atoms with Crippen LogP contribution in [-0.2, 0) is 39.6 Å². The second-order valence-corrected chi connectivity index (χ2v) is 13.5. The maximum Gasteiger partial charge on any atom is 0.433 e. The first kappa shape index (κ1) is 39.5. The number of halogens is 8. The van der Waals surface area contributed by atoms with Gasteiger partial charge in [0, 0.05) is 43.4 Å². The van der Waals surface area contributed by atoms with Gasteiger partial charge in [0.05, 0.1) is 48.7 Å². The Hall–Kier alpha value is -5.18. The molecule has 4 heterocycles. The Balaban J connectivity index is 1.27. The molecule has 1 aromatic heterocycles. The molecule has 2 N–H and O–H groups in total. The van der Waals surface area contributed by atoms with Crippen LogP contribution in [0.5, 0.6) is 0 Å². The van der Waals surface area contributed by atoms with E-state index < -0.39 is 82.5 Å². The number of ketones is 1. The van der Waals surface area contributed by atoms with E-state index in [1.54, 1.807) is 0 Å². The number of pyridine rings is 1. The summed E-state index contributed by atoms with van der Waals surface area (Å²) in [6.45, 7) is 3.84. The van der Waals surface area contributed by atoms with E-state index in [0.717, 1.165) is 17.1 Å². The monoisotopic (exact) mass is 775 g/mol. The van der Waals surface area contributed by atoms with Crippen LogP contribution in [0.15, 0.2) is 60.0 Å². The molecule has 2 fully saturated rings. The molecule has 1 atom stereocenters. The number of nitrogens with one attached hydrogen (secondary N) is 1. The largest absolute Gasteiger partial charge is 0.509 e. The highest BCUT2D eigenvalue weighted by Gasteiger charge is 2.53.